The number of hydrogen-bond acceptors (Lipinski definition) is 2. The lowest BCUT2D eigenvalue weighted by Gasteiger charge is -2.29. The van der Waals surface area contributed by atoms with Gasteiger partial charge in [-0.3, -0.25) is 9.59 Å². The van der Waals surface area contributed by atoms with Gasteiger partial charge < -0.3 is 4.57 Å². The predicted octanol–water partition coefficient (Wildman–Crippen LogP) is 5.47. The molecule has 3 unspecified atom stereocenters. The number of para-hydroxylation sites is 2. The number of hydrogen-bond donors (Lipinski definition) is 0. The maximum Gasteiger partial charge on any atom is 0.243 e. The van der Waals surface area contributed by atoms with Crippen molar-refractivity contribution in [2.45, 2.75) is 31.7 Å². The SMILES string of the molecule is CC1CC2C(=O)N(c3ccccc3)C(=O)C2c2c1c1ccccc1n2Cc1ccccc1. The highest BCUT2D eigenvalue weighted by Crippen LogP contribution is 2.51. The van der Waals surface area contributed by atoms with Crippen LogP contribution in [0.4, 0.5) is 5.69 Å². The Labute approximate surface area is 187 Å². The molecule has 0 radical (unpaired) electrons. The summed E-state index contributed by atoms with van der Waals surface area (Å²) in [4.78, 5) is 28.7. The average molecular weight is 421 g/mol. The molecule has 0 bridgehead atoms. The first kappa shape index (κ1) is 19.1. The lowest BCUT2D eigenvalue weighted by atomic mass is 9.74. The largest absolute Gasteiger partial charge is 0.339 e. The van der Waals surface area contributed by atoms with Gasteiger partial charge in [0.05, 0.1) is 17.5 Å². The van der Waals surface area contributed by atoms with Crippen LogP contribution in [-0.2, 0) is 16.1 Å². The van der Waals surface area contributed by atoms with Crippen molar-refractivity contribution < 1.29 is 9.59 Å². The molecule has 32 heavy (non-hydrogen) atoms. The summed E-state index contributed by atoms with van der Waals surface area (Å²) in [7, 11) is 0. The van der Waals surface area contributed by atoms with Crippen LogP contribution in [0.1, 0.15) is 42.0 Å². The molecule has 1 aliphatic heterocycles. The van der Waals surface area contributed by atoms with E-state index in [1.54, 1.807) is 0 Å². The molecule has 3 aromatic carbocycles. The third kappa shape index (κ3) is 2.69. The Hall–Kier alpha value is -3.66. The van der Waals surface area contributed by atoms with E-state index < -0.39 is 5.92 Å². The molecule has 2 amide bonds. The van der Waals surface area contributed by atoms with Gasteiger partial charge in [0, 0.05) is 23.1 Å². The summed E-state index contributed by atoms with van der Waals surface area (Å²) in [5.41, 5.74) is 5.23. The smallest absolute Gasteiger partial charge is 0.243 e. The zero-order valence-corrected chi connectivity index (χ0v) is 17.9. The number of carbonyl (C=O) groups excluding carboxylic acids is 2. The van der Waals surface area contributed by atoms with Gasteiger partial charge >= 0.3 is 0 Å². The summed E-state index contributed by atoms with van der Waals surface area (Å²) >= 11 is 0. The number of fused-ring (bicyclic) bond motifs is 5. The number of rotatable bonds is 3. The zero-order chi connectivity index (χ0) is 21.8. The Morgan fingerprint density at radius 3 is 2.22 bits per heavy atom. The Morgan fingerprint density at radius 2 is 1.47 bits per heavy atom. The predicted molar refractivity (Wildman–Crippen MR) is 126 cm³/mol. The molecule has 3 atom stereocenters. The molecule has 4 aromatic rings. The van der Waals surface area contributed by atoms with Crippen molar-refractivity contribution in [3.8, 4) is 0 Å². The summed E-state index contributed by atoms with van der Waals surface area (Å²) < 4.78 is 2.28. The van der Waals surface area contributed by atoms with Crippen LogP contribution in [0.15, 0.2) is 84.9 Å². The third-order valence-corrected chi connectivity index (χ3v) is 7.07. The normalized spacial score (nSPS) is 22.3. The molecule has 158 valence electrons. The second-order valence-corrected chi connectivity index (χ2v) is 8.96. The zero-order valence-electron chi connectivity index (χ0n) is 17.9. The van der Waals surface area contributed by atoms with Gasteiger partial charge in [-0.15, -0.1) is 0 Å². The molecule has 0 spiro atoms. The lowest BCUT2D eigenvalue weighted by molar-refractivity contribution is -0.122. The quantitative estimate of drug-likeness (QED) is 0.413. The van der Waals surface area contributed by atoms with Crippen LogP contribution in [0.25, 0.3) is 10.9 Å². The molecule has 1 aliphatic carbocycles. The number of carbonyl (C=O) groups is 2. The second-order valence-electron chi connectivity index (χ2n) is 8.96. The number of aromatic nitrogens is 1. The van der Waals surface area contributed by atoms with Crippen LogP contribution >= 0.6 is 0 Å². The van der Waals surface area contributed by atoms with Crippen LogP contribution in [0.2, 0.25) is 0 Å². The van der Waals surface area contributed by atoms with Crippen LogP contribution < -0.4 is 4.90 Å². The van der Waals surface area contributed by atoms with Crippen molar-refractivity contribution in [3.05, 3.63) is 102 Å². The highest BCUT2D eigenvalue weighted by molar-refractivity contribution is 6.24. The first-order valence-electron chi connectivity index (χ1n) is 11.2. The minimum atomic E-state index is -0.440. The van der Waals surface area contributed by atoms with Crippen molar-refractivity contribution >= 4 is 28.4 Å². The van der Waals surface area contributed by atoms with Crippen molar-refractivity contribution in [1.82, 2.24) is 4.57 Å². The average Bonchev–Trinajstić information content (AvgIpc) is 3.27. The molecule has 2 heterocycles. The van der Waals surface area contributed by atoms with E-state index in [9.17, 15) is 9.59 Å². The maximum absolute atomic E-state index is 13.8. The summed E-state index contributed by atoms with van der Waals surface area (Å²) in [5, 5.41) is 1.20. The molecule has 1 fully saturated rings. The molecule has 4 heteroatoms. The summed E-state index contributed by atoms with van der Waals surface area (Å²) in [6, 6.07) is 28.1. The van der Waals surface area contributed by atoms with Crippen LogP contribution in [0.3, 0.4) is 0 Å². The summed E-state index contributed by atoms with van der Waals surface area (Å²) in [6.07, 6.45) is 0.699. The Kier molecular flexibility index (Phi) is 4.29. The number of nitrogens with zero attached hydrogens (tertiary/aromatic N) is 2. The number of imide groups is 1. The van der Waals surface area contributed by atoms with E-state index in [-0.39, 0.29) is 23.7 Å². The van der Waals surface area contributed by atoms with E-state index in [2.05, 4.69) is 47.9 Å². The fourth-order valence-corrected chi connectivity index (χ4v) is 5.74. The highest BCUT2D eigenvalue weighted by atomic mass is 16.2. The molecular weight excluding hydrogens is 396 g/mol. The molecule has 6 rings (SSSR count). The van der Waals surface area contributed by atoms with Crippen molar-refractivity contribution in [1.29, 1.82) is 0 Å². The monoisotopic (exact) mass is 420 g/mol. The Morgan fingerprint density at radius 1 is 0.812 bits per heavy atom. The first-order chi connectivity index (χ1) is 15.6. The van der Waals surface area contributed by atoms with E-state index in [0.717, 1.165) is 11.2 Å². The number of anilines is 1. The Balaban J connectivity index is 1.57. The molecule has 1 saturated heterocycles. The topological polar surface area (TPSA) is 42.3 Å². The van der Waals surface area contributed by atoms with Gasteiger partial charge in [-0.1, -0.05) is 73.7 Å². The highest BCUT2D eigenvalue weighted by Gasteiger charge is 2.54. The fourth-order valence-electron chi connectivity index (χ4n) is 5.74. The molecule has 1 aromatic heterocycles. The number of benzene rings is 3. The third-order valence-electron chi connectivity index (χ3n) is 7.07. The van der Waals surface area contributed by atoms with Gasteiger partial charge in [0.2, 0.25) is 11.8 Å². The van der Waals surface area contributed by atoms with Gasteiger partial charge in [-0.2, -0.15) is 0 Å². The molecule has 0 saturated carbocycles. The van der Waals surface area contributed by atoms with E-state index in [1.165, 1.54) is 21.4 Å². The summed E-state index contributed by atoms with van der Waals surface area (Å²) in [5.74, 6) is -0.716. The first-order valence-corrected chi connectivity index (χ1v) is 11.2. The molecular formula is C28H24N2O2. The summed E-state index contributed by atoms with van der Waals surface area (Å²) in [6.45, 7) is 2.87. The maximum atomic E-state index is 13.8. The van der Waals surface area contributed by atoms with Crippen molar-refractivity contribution in [2.75, 3.05) is 4.90 Å². The minimum absolute atomic E-state index is 0.0692. The molecule has 0 N–H and O–H groups in total. The van der Waals surface area contributed by atoms with E-state index >= 15 is 0 Å². The second kappa shape index (κ2) is 7.20. The van der Waals surface area contributed by atoms with E-state index in [1.807, 2.05) is 48.5 Å². The van der Waals surface area contributed by atoms with Crippen molar-refractivity contribution in [3.63, 3.8) is 0 Å². The number of amides is 2. The van der Waals surface area contributed by atoms with Crippen LogP contribution in [0, 0.1) is 5.92 Å². The van der Waals surface area contributed by atoms with Gasteiger partial charge in [0.1, 0.15) is 0 Å². The van der Waals surface area contributed by atoms with Crippen LogP contribution in [0.5, 0.6) is 0 Å². The van der Waals surface area contributed by atoms with Gasteiger partial charge in [-0.25, -0.2) is 4.90 Å². The Bertz CT molecular complexity index is 1340. The fraction of sp³-hybridized carbons (Fsp3) is 0.214. The minimum Gasteiger partial charge on any atom is -0.339 e. The van der Waals surface area contributed by atoms with Gasteiger partial charge in [0.15, 0.2) is 0 Å². The van der Waals surface area contributed by atoms with E-state index in [0.29, 0.717) is 18.7 Å². The standard InChI is InChI=1S/C28H24N2O2/c1-18-16-22-25(28(32)30(27(22)31)20-12-6-3-7-13-20)26-24(18)21-14-8-9-15-23(21)29(26)17-19-10-4-2-5-11-19/h2-15,18,22,25H,16-17H2,1H3. The molecule has 2 aliphatic rings. The lowest BCUT2D eigenvalue weighted by Crippen LogP contribution is -2.30. The van der Waals surface area contributed by atoms with Crippen LogP contribution in [-0.4, -0.2) is 16.4 Å². The van der Waals surface area contributed by atoms with Gasteiger partial charge in [-0.05, 0) is 41.7 Å². The van der Waals surface area contributed by atoms with E-state index in [4.69, 9.17) is 0 Å². The van der Waals surface area contributed by atoms with Gasteiger partial charge in [0.25, 0.3) is 0 Å². The van der Waals surface area contributed by atoms with Crippen molar-refractivity contribution in [2.24, 2.45) is 5.92 Å². The molecule has 4 nitrogen and oxygen atoms in total.